The van der Waals surface area contributed by atoms with E-state index >= 15 is 0 Å². The average molecular weight is 519 g/mol. The smallest absolute Gasteiger partial charge is 0.239 e. The number of aromatic nitrogens is 3. The average Bonchev–Trinajstić information content (AvgIpc) is 3.43. The van der Waals surface area contributed by atoms with Crippen LogP contribution < -0.4 is 15.4 Å². The van der Waals surface area contributed by atoms with Crippen molar-refractivity contribution in [3.63, 3.8) is 0 Å². The first-order valence-corrected chi connectivity index (χ1v) is 12.4. The van der Waals surface area contributed by atoms with Crippen LogP contribution in [0.2, 0.25) is 0 Å². The van der Waals surface area contributed by atoms with Gasteiger partial charge in [-0.05, 0) is 62.5 Å². The number of fused-ring (bicyclic) bond motifs is 1. The maximum absolute atomic E-state index is 14.7. The molecule has 10 heteroatoms. The SMILES string of the molecule is CN(C)CC(=O)Nc1cc(Oc2ccc3c(c2)nc(Nc2ccc(F)c(C4(C)CCOC4)c2)n3C)ccn1. The van der Waals surface area contributed by atoms with Crippen LogP contribution in [0, 0.1) is 5.82 Å². The van der Waals surface area contributed by atoms with E-state index in [2.05, 4.69) is 15.6 Å². The monoisotopic (exact) mass is 518 g/mol. The summed E-state index contributed by atoms with van der Waals surface area (Å²) in [6.45, 7) is 3.42. The van der Waals surface area contributed by atoms with Gasteiger partial charge in [0.15, 0.2) is 0 Å². The van der Waals surface area contributed by atoms with E-state index in [-0.39, 0.29) is 23.7 Å². The topological polar surface area (TPSA) is 93.5 Å². The fraction of sp³-hybridized carbons (Fsp3) is 0.321. The molecule has 2 N–H and O–H groups in total. The lowest BCUT2D eigenvalue weighted by Crippen LogP contribution is -2.27. The first kappa shape index (κ1) is 25.6. The summed E-state index contributed by atoms with van der Waals surface area (Å²) in [6, 6.07) is 14.1. The molecule has 38 heavy (non-hydrogen) atoms. The molecule has 1 saturated heterocycles. The van der Waals surface area contributed by atoms with E-state index in [4.69, 9.17) is 14.5 Å². The number of ether oxygens (including phenoxy) is 2. The van der Waals surface area contributed by atoms with Gasteiger partial charge in [-0.1, -0.05) is 6.92 Å². The van der Waals surface area contributed by atoms with Gasteiger partial charge in [-0.2, -0.15) is 0 Å². The summed E-state index contributed by atoms with van der Waals surface area (Å²) in [5.74, 6) is 1.78. The second-order valence-electron chi connectivity index (χ2n) is 10.1. The van der Waals surface area contributed by atoms with Gasteiger partial charge in [0, 0.05) is 43.1 Å². The molecule has 2 aromatic carbocycles. The Hall–Kier alpha value is -4.02. The molecule has 0 spiro atoms. The van der Waals surface area contributed by atoms with E-state index in [1.54, 1.807) is 29.3 Å². The molecule has 0 aliphatic carbocycles. The number of pyridine rings is 1. The normalized spacial score (nSPS) is 17.2. The number of benzene rings is 2. The summed E-state index contributed by atoms with van der Waals surface area (Å²) >= 11 is 0. The van der Waals surface area contributed by atoms with Crippen LogP contribution in [0.1, 0.15) is 18.9 Å². The largest absolute Gasteiger partial charge is 0.457 e. The van der Waals surface area contributed by atoms with Crippen molar-refractivity contribution in [2.24, 2.45) is 7.05 Å². The zero-order chi connectivity index (χ0) is 26.9. The van der Waals surface area contributed by atoms with E-state index in [0.717, 1.165) is 23.1 Å². The second kappa shape index (κ2) is 10.4. The Morgan fingerprint density at radius 3 is 2.76 bits per heavy atom. The number of imidazole rings is 1. The Bertz CT molecular complexity index is 1480. The van der Waals surface area contributed by atoms with Gasteiger partial charge < -0.3 is 29.6 Å². The van der Waals surface area contributed by atoms with E-state index in [1.807, 2.05) is 56.9 Å². The number of carbonyl (C=O) groups excluding carboxylic acids is 1. The minimum atomic E-state index is -0.345. The number of rotatable bonds is 8. The number of halogens is 1. The molecule has 1 aliphatic rings. The van der Waals surface area contributed by atoms with Crippen LogP contribution >= 0.6 is 0 Å². The lowest BCUT2D eigenvalue weighted by Gasteiger charge is -2.23. The Morgan fingerprint density at radius 2 is 2.00 bits per heavy atom. The third-order valence-corrected chi connectivity index (χ3v) is 6.64. The second-order valence-corrected chi connectivity index (χ2v) is 10.1. The van der Waals surface area contributed by atoms with Crippen molar-refractivity contribution in [2.45, 2.75) is 18.8 Å². The highest BCUT2D eigenvalue weighted by molar-refractivity contribution is 5.91. The molecule has 2 aromatic heterocycles. The third-order valence-electron chi connectivity index (χ3n) is 6.64. The van der Waals surface area contributed by atoms with Gasteiger partial charge >= 0.3 is 0 Å². The molecule has 1 unspecified atom stereocenters. The van der Waals surface area contributed by atoms with Crippen LogP contribution in [-0.4, -0.2) is 59.2 Å². The number of likely N-dealkylation sites (N-methyl/N-ethyl adjacent to an activating group) is 1. The zero-order valence-electron chi connectivity index (χ0n) is 21.9. The van der Waals surface area contributed by atoms with Gasteiger partial charge in [-0.15, -0.1) is 0 Å². The predicted octanol–water partition coefficient (Wildman–Crippen LogP) is 4.82. The van der Waals surface area contributed by atoms with Crippen LogP contribution in [0.25, 0.3) is 11.0 Å². The van der Waals surface area contributed by atoms with Crippen molar-refractivity contribution in [1.82, 2.24) is 19.4 Å². The van der Waals surface area contributed by atoms with Gasteiger partial charge in [-0.3, -0.25) is 4.79 Å². The summed E-state index contributed by atoms with van der Waals surface area (Å²) in [4.78, 5) is 22.8. The lowest BCUT2D eigenvalue weighted by molar-refractivity contribution is -0.116. The molecule has 3 heterocycles. The standard InChI is InChI=1S/C28H31FN6O3/c1-28(10-12-37-17-28)21-13-18(5-7-22(21)29)31-27-32-23-14-19(6-8-24(23)35(27)4)38-20-9-11-30-25(15-20)33-26(36)16-34(2)3/h5-9,11,13-15H,10,12,16-17H2,1-4H3,(H,31,32)(H,30,33,36). The van der Waals surface area contributed by atoms with Gasteiger partial charge in [0.1, 0.15) is 23.1 Å². The number of nitrogens with one attached hydrogen (secondary N) is 2. The van der Waals surface area contributed by atoms with Crippen molar-refractivity contribution in [1.29, 1.82) is 0 Å². The molecule has 5 rings (SSSR count). The van der Waals surface area contributed by atoms with Gasteiger partial charge in [0.2, 0.25) is 11.9 Å². The van der Waals surface area contributed by atoms with Crippen molar-refractivity contribution in [3.05, 3.63) is 66.1 Å². The molecule has 9 nitrogen and oxygen atoms in total. The zero-order valence-corrected chi connectivity index (χ0v) is 21.9. The molecule has 1 aliphatic heterocycles. The summed E-state index contributed by atoms with van der Waals surface area (Å²) in [5.41, 5.74) is 2.70. The molecule has 198 valence electrons. The number of amides is 1. The molecule has 1 amide bonds. The van der Waals surface area contributed by atoms with Crippen LogP contribution in [0.5, 0.6) is 11.5 Å². The predicted molar refractivity (Wildman–Crippen MR) is 145 cm³/mol. The number of hydrogen-bond donors (Lipinski definition) is 2. The number of hydrogen-bond acceptors (Lipinski definition) is 7. The van der Waals surface area contributed by atoms with Gasteiger partial charge in [-0.25, -0.2) is 14.4 Å². The number of anilines is 3. The maximum Gasteiger partial charge on any atom is 0.239 e. The van der Waals surface area contributed by atoms with Crippen LogP contribution in [0.3, 0.4) is 0 Å². The van der Waals surface area contributed by atoms with Gasteiger partial charge in [0.25, 0.3) is 0 Å². The highest BCUT2D eigenvalue weighted by atomic mass is 19.1. The Labute approximate surface area is 220 Å². The highest BCUT2D eigenvalue weighted by Gasteiger charge is 2.34. The Balaban J connectivity index is 1.34. The molecule has 4 aromatic rings. The Kier molecular flexibility index (Phi) is 7.00. The molecular formula is C28H31FN6O3. The molecule has 0 saturated carbocycles. The first-order valence-electron chi connectivity index (χ1n) is 12.4. The van der Waals surface area contributed by atoms with Gasteiger partial charge in [0.05, 0.1) is 24.2 Å². The fourth-order valence-electron chi connectivity index (χ4n) is 4.58. The summed E-state index contributed by atoms with van der Waals surface area (Å²) in [7, 11) is 5.56. The molecule has 0 radical (unpaired) electrons. The third kappa shape index (κ3) is 5.46. The maximum atomic E-state index is 14.7. The number of carbonyl (C=O) groups is 1. The quantitative estimate of drug-likeness (QED) is 0.345. The van der Waals surface area contributed by atoms with E-state index in [9.17, 15) is 9.18 Å². The summed E-state index contributed by atoms with van der Waals surface area (Å²) in [5, 5.41) is 6.09. The van der Waals surface area contributed by atoms with Crippen molar-refractivity contribution in [2.75, 3.05) is 44.5 Å². The van der Waals surface area contributed by atoms with Crippen molar-refractivity contribution < 1.29 is 18.7 Å². The van der Waals surface area contributed by atoms with Crippen molar-refractivity contribution in [3.8, 4) is 11.5 Å². The van der Waals surface area contributed by atoms with Crippen LogP contribution in [0.15, 0.2) is 54.7 Å². The van der Waals surface area contributed by atoms with E-state index in [1.165, 1.54) is 6.07 Å². The molecule has 0 bridgehead atoms. The fourth-order valence-corrected chi connectivity index (χ4v) is 4.58. The van der Waals surface area contributed by atoms with Crippen LogP contribution in [0.4, 0.5) is 21.8 Å². The lowest BCUT2D eigenvalue weighted by atomic mass is 9.81. The molecule has 1 atom stereocenters. The minimum absolute atomic E-state index is 0.159. The van der Waals surface area contributed by atoms with E-state index < -0.39 is 0 Å². The first-order chi connectivity index (χ1) is 18.2. The number of nitrogens with zero attached hydrogens (tertiary/aromatic N) is 4. The Morgan fingerprint density at radius 1 is 1.18 bits per heavy atom. The minimum Gasteiger partial charge on any atom is -0.457 e. The summed E-state index contributed by atoms with van der Waals surface area (Å²) in [6.07, 6.45) is 2.36. The van der Waals surface area contributed by atoms with E-state index in [0.29, 0.717) is 42.0 Å². The highest BCUT2D eigenvalue weighted by Crippen LogP contribution is 2.36. The number of aryl methyl sites for hydroxylation is 1. The van der Waals surface area contributed by atoms with Crippen molar-refractivity contribution >= 4 is 34.4 Å². The van der Waals surface area contributed by atoms with Crippen LogP contribution in [-0.2, 0) is 22.0 Å². The molecule has 1 fully saturated rings. The summed E-state index contributed by atoms with van der Waals surface area (Å²) < 4.78 is 28.2. The molecular weight excluding hydrogens is 487 g/mol.